The lowest BCUT2D eigenvalue weighted by atomic mass is 10.2. The molecule has 3 rings (SSSR count). The third-order valence-corrected chi connectivity index (χ3v) is 6.11. The lowest BCUT2D eigenvalue weighted by molar-refractivity contribution is -0.121. The first-order chi connectivity index (χ1) is 14.4. The number of anilines is 1. The molecule has 1 aliphatic heterocycles. The van der Waals surface area contributed by atoms with Gasteiger partial charge in [-0.25, -0.2) is 9.69 Å². The molecule has 1 unspecified atom stereocenters. The van der Waals surface area contributed by atoms with Crippen LogP contribution in [0.15, 0.2) is 59.5 Å². The second kappa shape index (κ2) is 11.5. The fourth-order valence-corrected chi connectivity index (χ4v) is 4.29. The number of aromatic carboxylic acids is 1. The Hall–Kier alpha value is -2.64. The van der Waals surface area contributed by atoms with Gasteiger partial charge in [0.25, 0.3) is 0 Å². The van der Waals surface area contributed by atoms with Gasteiger partial charge in [0, 0.05) is 11.3 Å². The maximum absolute atomic E-state index is 12.5. The van der Waals surface area contributed by atoms with Gasteiger partial charge in [-0.15, -0.1) is 11.8 Å². The molecule has 160 valence electrons. The van der Waals surface area contributed by atoms with Gasteiger partial charge in [-0.2, -0.15) is 0 Å². The first-order valence-electron chi connectivity index (χ1n) is 10.1. The first kappa shape index (κ1) is 23.6. The fraction of sp³-hybridized carbons (Fsp3) is 0.348. The highest BCUT2D eigenvalue weighted by Gasteiger charge is 2.40. The van der Waals surface area contributed by atoms with Crippen LogP contribution in [0.3, 0.4) is 0 Å². The number of amides is 2. The Kier molecular flexibility index (Phi) is 9.08. The molecule has 0 aliphatic carbocycles. The summed E-state index contributed by atoms with van der Waals surface area (Å²) in [6, 6.07) is 15.2. The van der Waals surface area contributed by atoms with Crippen LogP contribution in [0, 0.1) is 0 Å². The molecule has 1 heterocycles. The topological polar surface area (TPSA) is 77.9 Å². The van der Waals surface area contributed by atoms with Crippen molar-refractivity contribution < 1.29 is 19.5 Å². The quantitative estimate of drug-likeness (QED) is 0.668. The van der Waals surface area contributed by atoms with Gasteiger partial charge >= 0.3 is 5.97 Å². The number of nitrogens with zero attached hydrogens (tertiary/aromatic N) is 2. The number of benzene rings is 2. The summed E-state index contributed by atoms with van der Waals surface area (Å²) in [5.41, 5.74) is 0.674. The molecule has 2 aromatic rings. The summed E-state index contributed by atoms with van der Waals surface area (Å²) in [6.07, 6.45) is 0.0619. The van der Waals surface area contributed by atoms with Gasteiger partial charge in [-0.1, -0.05) is 51.1 Å². The first-order valence-corrected chi connectivity index (χ1v) is 10.9. The van der Waals surface area contributed by atoms with E-state index in [0.29, 0.717) is 10.6 Å². The van der Waals surface area contributed by atoms with Crippen LogP contribution >= 0.6 is 11.8 Å². The predicted octanol–water partition coefficient (Wildman–Crippen LogP) is 4.16. The van der Waals surface area contributed by atoms with E-state index >= 15 is 0 Å². The van der Waals surface area contributed by atoms with E-state index < -0.39 is 11.2 Å². The molecule has 30 heavy (non-hydrogen) atoms. The van der Waals surface area contributed by atoms with Gasteiger partial charge in [0.2, 0.25) is 11.8 Å². The third kappa shape index (κ3) is 5.93. The summed E-state index contributed by atoms with van der Waals surface area (Å²) >= 11 is 1.12. The molecule has 1 saturated heterocycles. The van der Waals surface area contributed by atoms with Crippen molar-refractivity contribution in [1.82, 2.24) is 4.90 Å². The van der Waals surface area contributed by atoms with E-state index in [1.54, 1.807) is 42.5 Å². The number of rotatable bonds is 7. The fourth-order valence-electron chi connectivity index (χ4n) is 3.11. The van der Waals surface area contributed by atoms with E-state index in [0.717, 1.165) is 11.8 Å². The second-order valence-electron chi connectivity index (χ2n) is 6.63. The standard InChI is InChI=1S/C17H13NO4S.C6H15N/c19-15-10-14(16(20)18(15)11-6-2-1-3-7-11)23-13-9-5-4-8-12(13)17(21)22;1-4-7(5-2)6-3/h1-9,14H,10H2,(H,21,22);4-6H2,1-3H3. The maximum Gasteiger partial charge on any atom is 0.336 e. The largest absolute Gasteiger partial charge is 0.478 e. The summed E-state index contributed by atoms with van der Waals surface area (Å²) in [6.45, 7) is 10.1. The van der Waals surface area contributed by atoms with Crippen LogP contribution in [0.1, 0.15) is 37.6 Å². The predicted molar refractivity (Wildman–Crippen MR) is 120 cm³/mol. The molecule has 1 fully saturated rings. The average molecular weight is 429 g/mol. The zero-order valence-electron chi connectivity index (χ0n) is 17.6. The molecule has 2 aromatic carbocycles. The van der Waals surface area contributed by atoms with E-state index in [4.69, 9.17) is 0 Å². The number of carbonyl (C=O) groups is 3. The van der Waals surface area contributed by atoms with Crippen LogP contribution in [-0.2, 0) is 9.59 Å². The van der Waals surface area contributed by atoms with Crippen molar-refractivity contribution in [3.63, 3.8) is 0 Å². The van der Waals surface area contributed by atoms with Gasteiger partial charge < -0.3 is 10.0 Å². The Bertz CT molecular complexity index is 863. The van der Waals surface area contributed by atoms with Gasteiger partial charge in [-0.3, -0.25) is 9.59 Å². The maximum atomic E-state index is 12.5. The smallest absolute Gasteiger partial charge is 0.336 e. The molecule has 0 saturated carbocycles. The average Bonchev–Trinajstić information content (AvgIpc) is 3.03. The normalized spacial score (nSPS) is 15.9. The Balaban J connectivity index is 0.000000396. The van der Waals surface area contributed by atoms with E-state index in [-0.39, 0.29) is 23.8 Å². The second-order valence-corrected chi connectivity index (χ2v) is 7.88. The minimum Gasteiger partial charge on any atom is -0.478 e. The third-order valence-electron chi connectivity index (χ3n) is 4.85. The summed E-state index contributed by atoms with van der Waals surface area (Å²) in [5.74, 6) is -1.64. The highest BCUT2D eigenvalue weighted by atomic mass is 32.2. The number of carboxylic acid groups (broad SMARTS) is 1. The number of thioether (sulfide) groups is 1. The van der Waals surface area contributed by atoms with Crippen LogP contribution in [0.4, 0.5) is 5.69 Å². The van der Waals surface area contributed by atoms with E-state index in [9.17, 15) is 19.5 Å². The lowest BCUT2D eigenvalue weighted by Crippen LogP contribution is -2.31. The van der Waals surface area contributed by atoms with E-state index in [1.807, 2.05) is 6.07 Å². The minimum absolute atomic E-state index is 0.0619. The van der Waals surface area contributed by atoms with Crippen molar-refractivity contribution in [3.8, 4) is 0 Å². The molecule has 6 nitrogen and oxygen atoms in total. The Labute approximate surface area is 181 Å². The SMILES string of the molecule is CCN(CC)CC.O=C(O)c1ccccc1SC1CC(=O)N(c2ccccc2)C1=O. The molecule has 0 radical (unpaired) electrons. The van der Waals surface area contributed by atoms with Crippen molar-refractivity contribution >= 4 is 35.2 Å². The summed E-state index contributed by atoms with van der Waals surface area (Å²) in [5, 5.41) is 8.60. The number of carboxylic acids is 1. The molecule has 0 bridgehead atoms. The molecule has 7 heteroatoms. The number of carbonyl (C=O) groups excluding carboxylic acids is 2. The van der Waals surface area contributed by atoms with E-state index in [2.05, 4.69) is 25.7 Å². The molecule has 1 N–H and O–H groups in total. The molecule has 2 amide bonds. The van der Waals surface area contributed by atoms with Gasteiger partial charge in [0.05, 0.1) is 16.5 Å². The zero-order valence-corrected chi connectivity index (χ0v) is 18.4. The molecule has 0 aromatic heterocycles. The molecular formula is C23H28N2O4S. The minimum atomic E-state index is -1.05. The van der Waals surface area contributed by atoms with Crippen molar-refractivity contribution in [3.05, 3.63) is 60.2 Å². The Morgan fingerprint density at radius 1 is 1.00 bits per heavy atom. The highest BCUT2D eigenvalue weighted by molar-refractivity contribution is 8.00. The van der Waals surface area contributed by atoms with Crippen LogP contribution in [0.25, 0.3) is 0 Å². The van der Waals surface area contributed by atoms with Crippen molar-refractivity contribution in [2.24, 2.45) is 0 Å². The highest BCUT2D eigenvalue weighted by Crippen LogP contribution is 2.35. The monoisotopic (exact) mass is 428 g/mol. The molecular weight excluding hydrogens is 400 g/mol. The number of hydrogen-bond acceptors (Lipinski definition) is 5. The van der Waals surface area contributed by atoms with Crippen LogP contribution < -0.4 is 4.90 Å². The number of para-hydroxylation sites is 1. The zero-order chi connectivity index (χ0) is 22.1. The van der Waals surface area contributed by atoms with Gasteiger partial charge in [-0.05, 0) is 43.9 Å². The summed E-state index contributed by atoms with van der Waals surface area (Å²) in [7, 11) is 0. The van der Waals surface area contributed by atoms with Crippen LogP contribution in [0.2, 0.25) is 0 Å². The molecule has 1 atom stereocenters. The van der Waals surface area contributed by atoms with Crippen LogP contribution in [0.5, 0.6) is 0 Å². The molecule has 1 aliphatic rings. The molecule has 0 spiro atoms. The summed E-state index contributed by atoms with van der Waals surface area (Å²) < 4.78 is 0. The number of imide groups is 1. The van der Waals surface area contributed by atoms with Gasteiger partial charge in [0.1, 0.15) is 0 Å². The Morgan fingerprint density at radius 3 is 2.10 bits per heavy atom. The summed E-state index contributed by atoms with van der Waals surface area (Å²) in [4.78, 5) is 40.0. The lowest BCUT2D eigenvalue weighted by Gasteiger charge is -2.15. The van der Waals surface area contributed by atoms with Gasteiger partial charge in [0.15, 0.2) is 0 Å². The Morgan fingerprint density at radius 2 is 1.57 bits per heavy atom. The van der Waals surface area contributed by atoms with Crippen molar-refractivity contribution in [2.75, 3.05) is 24.5 Å². The van der Waals surface area contributed by atoms with Crippen molar-refractivity contribution in [1.29, 1.82) is 0 Å². The van der Waals surface area contributed by atoms with Crippen molar-refractivity contribution in [2.45, 2.75) is 37.3 Å². The number of hydrogen-bond donors (Lipinski definition) is 1. The van der Waals surface area contributed by atoms with Crippen LogP contribution in [-0.4, -0.2) is 52.7 Å². The van der Waals surface area contributed by atoms with E-state index in [1.165, 1.54) is 30.6 Å².